The van der Waals surface area contributed by atoms with Crippen LogP contribution in [0.4, 0.5) is 0 Å². The molecule has 1 unspecified atom stereocenters. The zero-order valence-corrected chi connectivity index (χ0v) is 12.9. The molecule has 0 aromatic rings. The molecule has 1 aliphatic carbocycles. The Morgan fingerprint density at radius 2 is 1.61 bits per heavy atom. The van der Waals surface area contributed by atoms with Gasteiger partial charge in [0.1, 0.15) is 0 Å². The van der Waals surface area contributed by atoms with Crippen molar-refractivity contribution in [2.45, 2.75) is 77.3 Å². The second kappa shape index (κ2) is 5.50. The Kier molecular flexibility index (Phi) is 4.38. The summed E-state index contributed by atoms with van der Waals surface area (Å²) in [5.41, 5.74) is 0.977. The van der Waals surface area contributed by atoms with Gasteiger partial charge >= 0.3 is 0 Å². The van der Waals surface area contributed by atoms with E-state index in [2.05, 4.69) is 38.0 Å². The molecule has 1 heterocycles. The minimum absolute atomic E-state index is 0.389. The Labute approximate surface area is 114 Å². The molecule has 0 aromatic carbocycles. The van der Waals surface area contributed by atoms with Gasteiger partial charge in [-0.25, -0.2) is 0 Å². The van der Waals surface area contributed by atoms with E-state index in [-0.39, 0.29) is 0 Å². The van der Waals surface area contributed by atoms with Gasteiger partial charge < -0.3 is 10.2 Å². The highest BCUT2D eigenvalue weighted by Crippen LogP contribution is 2.36. The molecule has 106 valence electrons. The standard InChI is InChI=1S/C16H32N2/c1-15(2)8-5-6-14(7-9-15)18-12-10-16(3,17-4)11-13-18/h14,17H,5-13H2,1-4H3. The van der Waals surface area contributed by atoms with Gasteiger partial charge in [0.15, 0.2) is 0 Å². The summed E-state index contributed by atoms with van der Waals surface area (Å²) in [6, 6.07) is 0.869. The predicted molar refractivity (Wildman–Crippen MR) is 78.9 cm³/mol. The van der Waals surface area contributed by atoms with Gasteiger partial charge in [0.05, 0.1) is 0 Å². The van der Waals surface area contributed by atoms with Crippen molar-refractivity contribution in [3.05, 3.63) is 0 Å². The van der Waals surface area contributed by atoms with Crippen molar-refractivity contribution in [2.75, 3.05) is 20.1 Å². The van der Waals surface area contributed by atoms with Gasteiger partial charge in [0.25, 0.3) is 0 Å². The minimum Gasteiger partial charge on any atom is -0.314 e. The molecule has 0 bridgehead atoms. The van der Waals surface area contributed by atoms with E-state index in [4.69, 9.17) is 0 Å². The number of nitrogens with one attached hydrogen (secondary N) is 1. The molecule has 1 saturated heterocycles. The van der Waals surface area contributed by atoms with E-state index in [1.54, 1.807) is 0 Å². The summed E-state index contributed by atoms with van der Waals surface area (Å²) in [6.07, 6.45) is 9.73. The van der Waals surface area contributed by atoms with Gasteiger partial charge in [-0.15, -0.1) is 0 Å². The third-order valence-electron chi connectivity index (χ3n) is 5.57. The van der Waals surface area contributed by atoms with Crippen molar-refractivity contribution in [3.63, 3.8) is 0 Å². The third kappa shape index (κ3) is 3.48. The summed E-state index contributed by atoms with van der Waals surface area (Å²) in [5.74, 6) is 0. The number of likely N-dealkylation sites (tertiary alicyclic amines) is 1. The fraction of sp³-hybridized carbons (Fsp3) is 1.00. The van der Waals surface area contributed by atoms with Gasteiger partial charge in [0.2, 0.25) is 0 Å². The average Bonchev–Trinajstić information content (AvgIpc) is 2.52. The van der Waals surface area contributed by atoms with Crippen molar-refractivity contribution in [1.82, 2.24) is 10.2 Å². The summed E-state index contributed by atoms with van der Waals surface area (Å²) in [6.45, 7) is 9.86. The van der Waals surface area contributed by atoms with E-state index in [1.165, 1.54) is 58.0 Å². The van der Waals surface area contributed by atoms with Crippen LogP contribution in [0, 0.1) is 5.41 Å². The van der Waals surface area contributed by atoms with E-state index >= 15 is 0 Å². The van der Waals surface area contributed by atoms with Gasteiger partial charge in [-0.2, -0.15) is 0 Å². The van der Waals surface area contributed by atoms with E-state index in [0.717, 1.165) is 6.04 Å². The number of rotatable bonds is 2. The molecule has 2 nitrogen and oxygen atoms in total. The van der Waals surface area contributed by atoms with Gasteiger partial charge in [-0.3, -0.25) is 0 Å². The molecule has 0 spiro atoms. The van der Waals surface area contributed by atoms with Crippen LogP contribution in [0.3, 0.4) is 0 Å². The molecule has 1 atom stereocenters. The fourth-order valence-electron chi connectivity index (χ4n) is 3.64. The highest BCUT2D eigenvalue weighted by Gasteiger charge is 2.33. The van der Waals surface area contributed by atoms with Crippen LogP contribution >= 0.6 is 0 Å². The van der Waals surface area contributed by atoms with E-state index < -0.39 is 0 Å². The first-order valence-electron chi connectivity index (χ1n) is 7.87. The first kappa shape index (κ1) is 14.3. The Hall–Kier alpha value is -0.0800. The molecular formula is C16H32N2. The lowest BCUT2D eigenvalue weighted by atomic mass is 9.85. The SMILES string of the molecule is CNC1(C)CCN(C2CCCC(C)(C)CC2)CC1. The molecule has 0 aromatic heterocycles. The lowest BCUT2D eigenvalue weighted by molar-refractivity contribution is 0.0999. The van der Waals surface area contributed by atoms with E-state index in [9.17, 15) is 0 Å². The van der Waals surface area contributed by atoms with Crippen molar-refractivity contribution >= 4 is 0 Å². The van der Waals surface area contributed by atoms with Crippen molar-refractivity contribution < 1.29 is 0 Å². The monoisotopic (exact) mass is 252 g/mol. The second-order valence-corrected chi connectivity index (χ2v) is 7.60. The number of hydrogen-bond donors (Lipinski definition) is 1. The quantitative estimate of drug-likeness (QED) is 0.758. The van der Waals surface area contributed by atoms with Crippen LogP contribution in [0.1, 0.15) is 65.7 Å². The van der Waals surface area contributed by atoms with Crippen molar-refractivity contribution in [1.29, 1.82) is 0 Å². The van der Waals surface area contributed by atoms with Crippen LogP contribution in [0.2, 0.25) is 0 Å². The van der Waals surface area contributed by atoms with Crippen LogP contribution < -0.4 is 5.32 Å². The lowest BCUT2D eigenvalue weighted by Gasteiger charge is -2.42. The third-order valence-corrected chi connectivity index (χ3v) is 5.57. The molecule has 1 N–H and O–H groups in total. The summed E-state index contributed by atoms with van der Waals surface area (Å²) in [5, 5.41) is 3.50. The zero-order chi connectivity index (χ0) is 13.2. The Bertz CT molecular complexity index is 264. The molecule has 2 rings (SSSR count). The van der Waals surface area contributed by atoms with Crippen molar-refractivity contribution in [3.8, 4) is 0 Å². The zero-order valence-electron chi connectivity index (χ0n) is 12.9. The summed E-state index contributed by atoms with van der Waals surface area (Å²) < 4.78 is 0. The average molecular weight is 252 g/mol. The summed E-state index contributed by atoms with van der Waals surface area (Å²) in [7, 11) is 2.11. The normalized spacial score (nSPS) is 33.0. The maximum atomic E-state index is 3.50. The van der Waals surface area contributed by atoms with Gasteiger partial charge in [-0.05, 0) is 57.9 Å². The lowest BCUT2D eigenvalue weighted by Crippen LogP contribution is -2.52. The number of hydrogen-bond acceptors (Lipinski definition) is 2. The molecule has 2 aliphatic rings. The van der Waals surface area contributed by atoms with Crippen LogP contribution in [0.25, 0.3) is 0 Å². The summed E-state index contributed by atoms with van der Waals surface area (Å²) in [4.78, 5) is 2.78. The molecule has 2 heteroatoms. The molecular weight excluding hydrogens is 220 g/mol. The summed E-state index contributed by atoms with van der Waals surface area (Å²) >= 11 is 0. The second-order valence-electron chi connectivity index (χ2n) is 7.60. The molecule has 2 fully saturated rings. The Balaban J connectivity index is 1.86. The molecule has 0 amide bonds. The topological polar surface area (TPSA) is 15.3 Å². The molecule has 18 heavy (non-hydrogen) atoms. The molecule has 1 saturated carbocycles. The molecule has 0 radical (unpaired) electrons. The highest BCUT2D eigenvalue weighted by atomic mass is 15.2. The largest absolute Gasteiger partial charge is 0.314 e. The van der Waals surface area contributed by atoms with Crippen LogP contribution in [-0.2, 0) is 0 Å². The number of nitrogens with zero attached hydrogens (tertiary/aromatic N) is 1. The highest BCUT2D eigenvalue weighted by molar-refractivity contribution is 4.91. The van der Waals surface area contributed by atoms with Crippen LogP contribution in [0.15, 0.2) is 0 Å². The maximum Gasteiger partial charge on any atom is 0.0174 e. The Morgan fingerprint density at radius 3 is 2.22 bits per heavy atom. The maximum absolute atomic E-state index is 3.50. The van der Waals surface area contributed by atoms with Crippen LogP contribution in [0.5, 0.6) is 0 Å². The van der Waals surface area contributed by atoms with E-state index in [1.807, 2.05) is 0 Å². The van der Waals surface area contributed by atoms with Gasteiger partial charge in [0, 0.05) is 24.7 Å². The Morgan fingerprint density at radius 1 is 0.944 bits per heavy atom. The minimum atomic E-state index is 0.389. The van der Waals surface area contributed by atoms with Crippen molar-refractivity contribution in [2.24, 2.45) is 5.41 Å². The van der Waals surface area contributed by atoms with E-state index in [0.29, 0.717) is 11.0 Å². The first-order valence-corrected chi connectivity index (χ1v) is 7.87. The molecule has 1 aliphatic heterocycles. The first-order chi connectivity index (χ1) is 8.44. The smallest absolute Gasteiger partial charge is 0.0174 e. The number of piperidine rings is 1. The fourth-order valence-corrected chi connectivity index (χ4v) is 3.64. The van der Waals surface area contributed by atoms with Crippen LogP contribution in [-0.4, -0.2) is 36.6 Å². The predicted octanol–water partition coefficient (Wildman–Crippen LogP) is 3.42. The van der Waals surface area contributed by atoms with Gasteiger partial charge in [-0.1, -0.05) is 20.3 Å².